The van der Waals surface area contributed by atoms with Crippen molar-refractivity contribution in [2.45, 2.75) is 90.4 Å². The Labute approximate surface area is 190 Å². The average Bonchev–Trinajstić information content (AvgIpc) is 2.83. The molecule has 0 nitrogen and oxygen atoms in total. The maximum atomic E-state index is 3.36. The fourth-order valence-corrected chi connectivity index (χ4v) is 5.80. The van der Waals surface area contributed by atoms with Gasteiger partial charge in [0, 0.05) is 11.1 Å². The lowest BCUT2D eigenvalue weighted by Gasteiger charge is -2.37. The number of aryl methyl sites for hydroxylation is 1. The van der Waals surface area contributed by atoms with E-state index in [1.54, 1.807) is 0 Å². The molecule has 31 heavy (non-hydrogen) atoms. The lowest BCUT2D eigenvalue weighted by atomic mass is 9.68. The lowest BCUT2D eigenvalue weighted by Crippen LogP contribution is -2.24. The molecule has 2 aliphatic rings. The minimum Gasteiger partial charge on any atom is -0.0654 e. The standard InChI is InChI=1S/C31H40/c1-3-4-5-25-8-10-26(11-9-25)12-13-27-14-18-29(19-15-27)31-22-20-30(21-23-31)28-16-6-24(2)7-17-28/h8-11,14-15,18-19,24,28,30-31H,3-7,16-17,20-23H2,1-2H3. The highest BCUT2D eigenvalue weighted by Crippen LogP contribution is 2.43. The number of benzene rings is 2. The predicted molar refractivity (Wildman–Crippen MR) is 133 cm³/mol. The summed E-state index contributed by atoms with van der Waals surface area (Å²) in [5, 5.41) is 0. The molecule has 2 aromatic carbocycles. The fourth-order valence-electron chi connectivity index (χ4n) is 5.80. The topological polar surface area (TPSA) is 0 Å². The molecule has 0 radical (unpaired) electrons. The molecule has 0 aliphatic heterocycles. The van der Waals surface area contributed by atoms with Gasteiger partial charge in [-0.25, -0.2) is 0 Å². The van der Waals surface area contributed by atoms with Gasteiger partial charge in [0.25, 0.3) is 0 Å². The minimum absolute atomic E-state index is 0.761. The first kappa shape index (κ1) is 22.2. The first-order chi connectivity index (χ1) is 15.2. The Bertz CT molecular complexity index is 845. The molecule has 0 spiro atoms. The smallest absolute Gasteiger partial charge is 0.0249 e. The highest BCUT2D eigenvalue weighted by atomic mass is 14.4. The van der Waals surface area contributed by atoms with Gasteiger partial charge in [-0.05, 0) is 110 Å². The molecule has 0 amide bonds. The molecule has 0 aromatic heterocycles. The lowest BCUT2D eigenvalue weighted by molar-refractivity contribution is 0.165. The molecule has 0 bridgehead atoms. The van der Waals surface area contributed by atoms with Crippen molar-refractivity contribution in [2.24, 2.45) is 17.8 Å². The average molecular weight is 413 g/mol. The molecule has 0 saturated heterocycles. The zero-order valence-electron chi connectivity index (χ0n) is 19.7. The number of hydrogen-bond acceptors (Lipinski definition) is 0. The second-order valence-electron chi connectivity index (χ2n) is 10.3. The molecule has 2 fully saturated rings. The predicted octanol–water partition coefficient (Wildman–Crippen LogP) is 8.53. The van der Waals surface area contributed by atoms with Gasteiger partial charge in [-0.15, -0.1) is 0 Å². The summed E-state index contributed by atoms with van der Waals surface area (Å²) in [6.45, 7) is 4.68. The van der Waals surface area contributed by atoms with Crippen LogP contribution in [0.15, 0.2) is 48.5 Å². The second-order valence-corrected chi connectivity index (χ2v) is 10.3. The Morgan fingerprint density at radius 3 is 1.74 bits per heavy atom. The number of rotatable bonds is 5. The molecule has 0 unspecified atom stereocenters. The van der Waals surface area contributed by atoms with Crippen molar-refractivity contribution in [3.05, 3.63) is 70.8 Å². The van der Waals surface area contributed by atoms with Crippen molar-refractivity contribution in [3.8, 4) is 11.8 Å². The largest absolute Gasteiger partial charge is 0.0654 e. The first-order valence-electron chi connectivity index (χ1n) is 12.9. The molecule has 164 valence electrons. The fraction of sp³-hybridized carbons (Fsp3) is 0.548. The van der Waals surface area contributed by atoms with Gasteiger partial charge >= 0.3 is 0 Å². The van der Waals surface area contributed by atoms with E-state index in [1.807, 2.05) is 0 Å². The van der Waals surface area contributed by atoms with Gasteiger partial charge in [0.05, 0.1) is 0 Å². The highest BCUT2D eigenvalue weighted by Gasteiger charge is 2.30. The van der Waals surface area contributed by atoms with E-state index in [1.165, 1.54) is 81.8 Å². The van der Waals surface area contributed by atoms with Gasteiger partial charge in [0.2, 0.25) is 0 Å². The van der Waals surface area contributed by atoms with E-state index in [-0.39, 0.29) is 0 Å². The number of unbranched alkanes of at least 4 members (excludes halogenated alkanes) is 1. The van der Waals surface area contributed by atoms with E-state index < -0.39 is 0 Å². The SMILES string of the molecule is CCCCc1ccc(C#Cc2ccc(C3CCC(C4CCC(C)CC4)CC3)cc2)cc1. The molecule has 0 heteroatoms. The van der Waals surface area contributed by atoms with Crippen LogP contribution in [-0.2, 0) is 6.42 Å². The van der Waals surface area contributed by atoms with Crippen LogP contribution in [-0.4, -0.2) is 0 Å². The van der Waals surface area contributed by atoms with Crippen LogP contribution in [0, 0.1) is 29.6 Å². The van der Waals surface area contributed by atoms with Crippen molar-refractivity contribution in [1.82, 2.24) is 0 Å². The maximum Gasteiger partial charge on any atom is 0.0249 e. The van der Waals surface area contributed by atoms with Crippen LogP contribution in [0.4, 0.5) is 0 Å². The van der Waals surface area contributed by atoms with Crippen LogP contribution in [0.1, 0.15) is 106 Å². The third-order valence-corrected chi connectivity index (χ3v) is 8.01. The van der Waals surface area contributed by atoms with E-state index in [0.717, 1.165) is 34.8 Å². The second kappa shape index (κ2) is 11.0. The van der Waals surface area contributed by atoms with Crippen molar-refractivity contribution < 1.29 is 0 Å². The van der Waals surface area contributed by atoms with Crippen LogP contribution in [0.25, 0.3) is 0 Å². The zero-order chi connectivity index (χ0) is 21.5. The Morgan fingerprint density at radius 1 is 0.677 bits per heavy atom. The van der Waals surface area contributed by atoms with Crippen LogP contribution in [0.5, 0.6) is 0 Å². The van der Waals surface area contributed by atoms with Gasteiger partial charge in [-0.2, -0.15) is 0 Å². The van der Waals surface area contributed by atoms with Gasteiger partial charge in [-0.1, -0.05) is 69.2 Å². The van der Waals surface area contributed by atoms with Crippen molar-refractivity contribution in [3.63, 3.8) is 0 Å². The highest BCUT2D eigenvalue weighted by molar-refractivity contribution is 5.44. The number of hydrogen-bond donors (Lipinski definition) is 0. The van der Waals surface area contributed by atoms with Gasteiger partial charge in [-0.3, -0.25) is 0 Å². The summed E-state index contributed by atoms with van der Waals surface area (Å²) >= 11 is 0. The molecular weight excluding hydrogens is 372 g/mol. The summed E-state index contributed by atoms with van der Waals surface area (Å²) in [5.41, 5.74) is 5.19. The van der Waals surface area contributed by atoms with E-state index in [9.17, 15) is 0 Å². The Balaban J connectivity index is 1.29. The van der Waals surface area contributed by atoms with Crippen molar-refractivity contribution in [2.75, 3.05) is 0 Å². The molecule has 0 heterocycles. The summed E-state index contributed by atoms with van der Waals surface area (Å²) < 4.78 is 0. The van der Waals surface area contributed by atoms with Crippen LogP contribution < -0.4 is 0 Å². The zero-order valence-corrected chi connectivity index (χ0v) is 19.7. The van der Waals surface area contributed by atoms with Gasteiger partial charge in [0.15, 0.2) is 0 Å². The third-order valence-electron chi connectivity index (χ3n) is 8.01. The first-order valence-corrected chi connectivity index (χ1v) is 12.9. The molecule has 2 saturated carbocycles. The summed E-state index contributed by atoms with van der Waals surface area (Å²) in [7, 11) is 0. The van der Waals surface area contributed by atoms with Crippen LogP contribution in [0.2, 0.25) is 0 Å². The Morgan fingerprint density at radius 2 is 1.19 bits per heavy atom. The monoisotopic (exact) mass is 412 g/mol. The van der Waals surface area contributed by atoms with Gasteiger partial charge < -0.3 is 0 Å². The Hall–Kier alpha value is -2.00. The minimum atomic E-state index is 0.761. The van der Waals surface area contributed by atoms with Gasteiger partial charge in [0.1, 0.15) is 0 Å². The van der Waals surface area contributed by atoms with Crippen LogP contribution in [0.3, 0.4) is 0 Å². The van der Waals surface area contributed by atoms with E-state index in [2.05, 4.69) is 74.2 Å². The molecule has 0 atom stereocenters. The molecule has 0 N–H and O–H groups in total. The molecular formula is C31H40. The summed E-state index contributed by atoms with van der Waals surface area (Å²) in [5.74, 6) is 10.5. The normalized spacial score (nSPS) is 26.1. The van der Waals surface area contributed by atoms with Crippen molar-refractivity contribution >= 4 is 0 Å². The van der Waals surface area contributed by atoms with E-state index in [0.29, 0.717) is 0 Å². The summed E-state index contributed by atoms with van der Waals surface area (Å²) in [6.07, 6.45) is 15.3. The summed E-state index contributed by atoms with van der Waals surface area (Å²) in [4.78, 5) is 0. The third kappa shape index (κ3) is 6.26. The molecule has 4 rings (SSSR count). The van der Waals surface area contributed by atoms with Crippen LogP contribution >= 0.6 is 0 Å². The van der Waals surface area contributed by atoms with E-state index in [4.69, 9.17) is 0 Å². The molecule has 2 aliphatic carbocycles. The van der Waals surface area contributed by atoms with Crippen molar-refractivity contribution in [1.29, 1.82) is 0 Å². The summed E-state index contributed by atoms with van der Waals surface area (Å²) in [6, 6.07) is 17.9. The van der Waals surface area contributed by atoms with E-state index >= 15 is 0 Å². The quantitative estimate of drug-likeness (QED) is 0.432. The Kier molecular flexibility index (Phi) is 7.91. The molecule has 2 aromatic rings. The maximum absolute atomic E-state index is 3.36.